The molecule has 0 spiro atoms. The van der Waals surface area contributed by atoms with Crippen LogP contribution in [0.4, 0.5) is 17.6 Å². The molecule has 0 bridgehead atoms. The van der Waals surface area contributed by atoms with Crippen LogP contribution in [0.15, 0.2) is 30.7 Å². The molecule has 2 heterocycles. The van der Waals surface area contributed by atoms with Crippen LogP contribution in [-0.4, -0.2) is 20.9 Å². The molecule has 0 saturated carbocycles. The fourth-order valence-electron chi connectivity index (χ4n) is 1.31. The second-order valence-electron chi connectivity index (χ2n) is 3.40. The van der Waals surface area contributed by atoms with Crippen molar-refractivity contribution in [1.82, 2.24) is 14.8 Å². The van der Waals surface area contributed by atoms with Gasteiger partial charge in [0.05, 0.1) is 18.1 Å². The lowest BCUT2D eigenvalue weighted by Gasteiger charge is -2.04. The number of halogens is 4. The highest BCUT2D eigenvalue weighted by Gasteiger charge is 2.28. The molecule has 90 valence electrons. The summed E-state index contributed by atoms with van der Waals surface area (Å²) in [5.74, 6) is -0.503. The molecule has 0 aliphatic rings. The molecular weight excluding hydrogens is 238 g/mol. The highest BCUT2D eigenvalue weighted by Crippen LogP contribution is 2.20. The standard InChI is InChI=1S/C10H7F4N3/c11-8-1-2-9(15-4-8)7-3-16-17(5-7)6-10(12,13)14/h1-5H,6H2. The quantitative estimate of drug-likeness (QED) is 0.761. The zero-order chi connectivity index (χ0) is 12.5. The Morgan fingerprint density at radius 3 is 2.53 bits per heavy atom. The molecular formula is C10H7F4N3. The van der Waals surface area contributed by atoms with Crippen LogP contribution < -0.4 is 0 Å². The Kier molecular flexibility index (Phi) is 2.83. The lowest BCUT2D eigenvalue weighted by Crippen LogP contribution is -2.17. The summed E-state index contributed by atoms with van der Waals surface area (Å²) in [6, 6.07) is 2.56. The molecule has 3 nitrogen and oxygen atoms in total. The molecule has 0 atom stereocenters. The summed E-state index contributed by atoms with van der Waals surface area (Å²) in [6.07, 6.45) is -0.852. The minimum atomic E-state index is -4.32. The average Bonchev–Trinajstić information content (AvgIpc) is 2.64. The van der Waals surface area contributed by atoms with E-state index in [9.17, 15) is 17.6 Å². The Hall–Kier alpha value is -1.92. The molecule has 0 unspecified atom stereocenters. The molecule has 2 aromatic rings. The van der Waals surface area contributed by atoms with Gasteiger partial charge in [-0.1, -0.05) is 0 Å². The molecule has 0 aliphatic heterocycles. The van der Waals surface area contributed by atoms with E-state index >= 15 is 0 Å². The van der Waals surface area contributed by atoms with Crippen LogP contribution in [0.1, 0.15) is 0 Å². The number of hydrogen-bond acceptors (Lipinski definition) is 2. The van der Waals surface area contributed by atoms with Crippen LogP contribution in [-0.2, 0) is 6.54 Å². The maximum Gasteiger partial charge on any atom is 0.408 e. The molecule has 0 aromatic carbocycles. The number of rotatable bonds is 2. The summed E-state index contributed by atoms with van der Waals surface area (Å²) >= 11 is 0. The molecule has 0 N–H and O–H groups in total. The van der Waals surface area contributed by atoms with Crippen LogP contribution in [0.5, 0.6) is 0 Å². The van der Waals surface area contributed by atoms with Crippen LogP contribution in [0.3, 0.4) is 0 Å². The summed E-state index contributed by atoms with van der Waals surface area (Å²) in [5, 5.41) is 3.56. The number of aromatic nitrogens is 3. The first kappa shape index (κ1) is 11.6. The number of alkyl halides is 3. The van der Waals surface area contributed by atoms with Crippen molar-refractivity contribution in [3.63, 3.8) is 0 Å². The molecule has 0 amide bonds. The highest BCUT2D eigenvalue weighted by atomic mass is 19.4. The van der Waals surface area contributed by atoms with E-state index in [0.717, 1.165) is 10.9 Å². The van der Waals surface area contributed by atoms with Gasteiger partial charge >= 0.3 is 6.18 Å². The van der Waals surface area contributed by atoms with Crippen LogP contribution >= 0.6 is 0 Å². The zero-order valence-electron chi connectivity index (χ0n) is 8.45. The van der Waals surface area contributed by atoms with Gasteiger partial charge in [0.1, 0.15) is 12.4 Å². The first-order valence-electron chi connectivity index (χ1n) is 4.65. The molecule has 7 heteroatoms. The van der Waals surface area contributed by atoms with Gasteiger partial charge in [0.15, 0.2) is 0 Å². The van der Waals surface area contributed by atoms with E-state index in [-0.39, 0.29) is 0 Å². The van der Waals surface area contributed by atoms with Crippen molar-refractivity contribution in [2.45, 2.75) is 12.7 Å². The van der Waals surface area contributed by atoms with Gasteiger partial charge in [-0.05, 0) is 12.1 Å². The van der Waals surface area contributed by atoms with Crippen molar-refractivity contribution >= 4 is 0 Å². The third-order valence-corrected chi connectivity index (χ3v) is 2.00. The van der Waals surface area contributed by atoms with E-state index in [1.807, 2.05) is 0 Å². The molecule has 0 saturated heterocycles. The Labute approximate surface area is 93.7 Å². The summed E-state index contributed by atoms with van der Waals surface area (Å²) in [4.78, 5) is 3.75. The molecule has 0 aliphatic carbocycles. The molecule has 0 fully saturated rings. The van der Waals surface area contributed by atoms with Crippen LogP contribution in [0.2, 0.25) is 0 Å². The predicted molar refractivity (Wildman–Crippen MR) is 51.5 cm³/mol. The highest BCUT2D eigenvalue weighted by molar-refractivity contribution is 5.56. The number of pyridine rings is 1. The minimum absolute atomic E-state index is 0.375. The van der Waals surface area contributed by atoms with E-state index < -0.39 is 18.5 Å². The molecule has 17 heavy (non-hydrogen) atoms. The third-order valence-electron chi connectivity index (χ3n) is 2.00. The van der Waals surface area contributed by atoms with Crippen molar-refractivity contribution in [3.8, 4) is 11.3 Å². The normalized spacial score (nSPS) is 11.8. The van der Waals surface area contributed by atoms with E-state index in [4.69, 9.17) is 0 Å². The summed E-state index contributed by atoms with van der Waals surface area (Å²) in [7, 11) is 0. The summed E-state index contributed by atoms with van der Waals surface area (Å²) in [6.45, 7) is -1.16. The summed E-state index contributed by atoms with van der Waals surface area (Å²) < 4.78 is 49.6. The first-order valence-corrected chi connectivity index (χ1v) is 4.65. The Balaban J connectivity index is 2.21. The Bertz CT molecular complexity index is 501. The van der Waals surface area contributed by atoms with Gasteiger partial charge in [-0.2, -0.15) is 18.3 Å². The van der Waals surface area contributed by atoms with Crippen LogP contribution in [0, 0.1) is 5.82 Å². The molecule has 0 radical (unpaired) electrons. The maximum atomic E-state index is 12.6. The van der Waals surface area contributed by atoms with E-state index in [1.165, 1.54) is 24.5 Å². The van der Waals surface area contributed by atoms with Crippen molar-refractivity contribution in [2.24, 2.45) is 0 Å². The van der Waals surface area contributed by atoms with Gasteiger partial charge in [0, 0.05) is 11.8 Å². The topological polar surface area (TPSA) is 30.7 Å². The van der Waals surface area contributed by atoms with E-state index in [2.05, 4.69) is 10.1 Å². The largest absolute Gasteiger partial charge is 0.408 e. The maximum absolute atomic E-state index is 12.6. The van der Waals surface area contributed by atoms with Gasteiger partial charge < -0.3 is 0 Å². The van der Waals surface area contributed by atoms with Crippen molar-refractivity contribution in [2.75, 3.05) is 0 Å². The lowest BCUT2D eigenvalue weighted by atomic mass is 10.2. The summed E-state index contributed by atoms with van der Waals surface area (Å²) in [5.41, 5.74) is 0.786. The van der Waals surface area contributed by atoms with E-state index in [0.29, 0.717) is 11.3 Å². The SMILES string of the molecule is Fc1ccc(-c2cnn(CC(F)(F)F)c2)nc1. The fourth-order valence-corrected chi connectivity index (χ4v) is 1.31. The second kappa shape index (κ2) is 4.15. The Morgan fingerprint density at radius 2 is 1.94 bits per heavy atom. The van der Waals surface area contributed by atoms with Gasteiger partial charge in [0.25, 0.3) is 0 Å². The Morgan fingerprint density at radius 1 is 1.18 bits per heavy atom. The molecule has 2 aromatic heterocycles. The van der Waals surface area contributed by atoms with Crippen LogP contribution in [0.25, 0.3) is 11.3 Å². The second-order valence-corrected chi connectivity index (χ2v) is 3.40. The van der Waals surface area contributed by atoms with Gasteiger partial charge in [0.2, 0.25) is 0 Å². The van der Waals surface area contributed by atoms with Crippen molar-refractivity contribution < 1.29 is 17.6 Å². The monoisotopic (exact) mass is 245 g/mol. The smallest absolute Gasteiger partial charge is 0.263 e. The number of nitrogens with zero attached hydrogens (tertiary/aromatic N) is 3. The number of hydrogen-bond donors (Lipinski definition) is 0. The van der Waals surface area contributed by atoms with Crippen molar-refractivity contribution in [3.05, 3.63) is 36.5 Å². The van der Waals surface area contributed by atoms with Gasteiger partial charge in [-0.25, -0.2) is 4.39 Å². The first-order chi connectivity index (χ1) is 7.94. The van der Waals surface area contributed by atoms with Gasteiger partial charge in [-0.15, -0.1) is 0 Å². The lowest BCUT2D eigenvalue weighted by molar-refractivity contribution is -0.142. The predicted octanol–water partition coefficient (Wildman–Crippen LogP) is 2.65. The average molecular weight is 245 g/mol. The third kappa shape index (κ3) is 3.02. The molecule has 2 rings (SSSR count). The minimum Gasteiger partial charge on any atom is -0.263 e. The van der Waals surface area contributed by atoms with Gasteiger partial charge in [-0.3, -0.25) is 9.67 Å². The zero-order valence-corrected chi connectivity index (χ0v) is 8.45. The van der Waals surface area contributed by atoms with E-state index in [1.54, 1.807) is 0 Å². The fraction of sp³-hybridized carbons (Fsp3) is 0.200. The van der Waals surface area contributed by atoms with Crippen molar-refractivity contribution in [1.29, 1.82) is 0 Å².